The highest BCUT2D eigenvalue weighted by atomic mass is 35.5. The van der Waals surface area contributed by atoms with Gasteiger partial charge in [-0.05, 0) is 37.8 Å². The van der Waals surface area contributed by atoms with Gasteiger partial charge in [-0.2, -0.15) is 0 Å². The monoisotopic (exact) mass is 282 g/mol. The summed E-state index contributed by atoms with van der Waals surface area (Å²) in [5.41, 5.74) is 9.06. The number of nitrogens with zero attached hydrogens (tertiary/aromatic N) is 1. The number of likely N-dealkylation sites (tertiary alicyclic amines) is 1. The van der Waals surface area contributed by atoms with Gasteiger partial charge in [0.25, 0.3) is 5.91 Å². The van der Waals surface area contributed by atoms with Gasteiger partial charge in [-0.15, -0.1) is 12.4 Å². The van der Waals surface area contributed by atoms with Crippen LogP contribution >= 0.6 is 12.4 Å². The minimum Gasteiger partial charge on any atom is -0.338 e. The first-order valence-corrected chi connectivity index (χ1v) is 6.61. The molecule has 2 atom stereocenters. The third-order valence-corrected chi connectivity index (χ3v) is 3.87. The number of carbonyl (C=O) groups excluding carboxylic acids is 1. The molecule has 0 radical (unpaired) electrons. The molecule has 2 N–H and O–H groups in total. The van der Waals surface area contributed by atoms with Crippen LogP contribution in [0, 0.1) is 19.8 Å². The summed E-state index contributed by atoms with van der Waals surface area (Å²) in [4.78, 5) is 14.4. The first-order valence-electron chi connectivity index (χ1n) is 6.61. The maximum absolute atomic E-state index is 12.5. The molecule has 1 aromatic carbocycles. The number of carbonyl (C=O) groups is 1. The van der Waals surface area contributed by atoms with E-state index in [-0.39, 0.29) is 24.4 Å². The largest absolute Gasteiger partial charge is 0.338 e. The smallest absolute Gasteiger partial charge is 0.254 e. The van der Waals surface area contributed by atoms with E-state index in [9.17, 15) is 4.79 Å². The Labute approximate surface area is 121 Å². The highest BCUT2D eigenvalue weighted by Crippen LogP contribution is 2.19. The number of hydrogen-bond donors (Lipinski definition) is 1. The van der Waals surface area contributed by atoms with Gasteiger partial charge in [0, 0.05) is 24.7 Å². The first-order chi connectivity index (χ1) is 8.49. The molecule has 1 amide bonds. The van der Waals surface area contributed by atoms with Crippen molar-refractivity contribution in [3.05, 3.63) is 34.9 Å². The lowest BCUT2D eigenvalue weighted by atomic mass is 9.94. The Kier molecular flexibility index (Phi) is 5.39. The summed E-state index contributed by atoms with van der Waals surface area (Å²) in [5.74, 6) is 0.528. The maximum atomic E-state index is 12.5. The Hall–Kier alpha value is -1.06. The molecule has 2 rings (SSSR count). The van der Waals surface area contributed by atoms with Gasteiger partial charge in [0.15, 0.2) is 0 Å². The quantitative estimate of drug-likeness (QED) is 0.860. The van der Waals surface area contributed by atoms with E-state index >= 15 is 0 Å². The topological polar surface area (TPSA) is 46.3 Å². The standard InChI is InChI=1S/C15H22N2O.ClH/c1-10-4-5-13(11(2)8-10)15(18)17-7-6-14(16)12(3)9-17;/h4-5,8,12,14H,6-7,9,16H2,1-3H3;1H. The summed E-state index contributed by atoms with van der Waals surface area (Å²) >= 11 is 0. The van der Waals surface area contributed by atoms with Crippen molar-refractivity contribution in [1.82, 2.24) is 4.90 Å². The van der Waals surface area contributed by atoms with Crippen LogP contribution < -0.4 is 5.73 Å². The van der Waals surface area contributed by atoms with Gasteiger partial charge in [0.1, 0.15) is 0 Å². The number of piperidine rings is 1. The molecule has 1 aliphatic rings. The van der Waals surface area contributed by atoms with Crippen molar-refractivity contribution in [3.63, 3.8) is 0 Å². The maximum Gasteiger partial charge on any atom is 0.254 e. The second-order valence-electron chi connectivity index (χ2n) is 5.50. The number of hydrogen-bond acceptors (Lipinski definition) is 2. The molecule has 0 spiro atoms. The third kappa shape index (κ3) is 3.48. The summed E-state index contributed by atoms with van der Waals surface area (Å²) < 4.78 is 0. The van der Waals surface area contributed by atoms with Crippen LogP contribution in [0.2, 0.25) is 0 Å². The molecule has 2 unspecified atom stereocenters. The minimum atomic E-state index is 0. The average Bonchev–Trinajstić information content (AvgIpc) is 2.32. The Bertz CT molecular complexity index is 461. The number of halogens is 1. The zero-order valence-electron chi connectivity index (χ0n) is 11.8. The summed E-state index contributed by atoms with van der Waals surface area (Å²) in [7, 11) is 0. The van der Waals surface area contributed by atoms with E-state index in [0.717, 1.165) is 30.6 Å². The SMILES string of the molecule is Cc1ccc(C(=O)N2CCC(N)C(C)C2)c(C)c1.Cl. The average molecular weight is 283 g/mol. The molecule has 1 saturated heterocycles. The van der Waals surface area contributed by atoms with Crippen LogP contribution in [0.25, 0.3) is 0 Å². The molecule has 0 aromatic heterocycles. The van der Waals surface area contributed by atoms with Crippen LogP contribution in [0.3, 0.4) is 0 Å². The van der Waals surface area contributed by atoms with Gasteiger partial charge >= 0.3 is 0 Å². The molecule has 0 aliphatic carbocycles. The molecular formula is C15H23ClN2O. The predicted molar refractivity (Wildman–Crippen MR) is 80.8 cm³/mol. The van der Waals surface area contributed by atoms with Crippen LogP contribution in [0.4, 0.5) is 0 Å². The number of amides is 1. The summed E-state index contributed by atoms with van der Waals surface area (Å²) in [6.45, 7) is 7.71. The Morgan fingerprint density at radius 1 is 1.37 bits per heavy atom. The summed E-state index contributed by atoms with van der Waals surface area (Å²) in [6, 6.07) is 6.23. The second kappa shape index (κ2) is 6.40. The molecule has 1 aliphatic heterocycles. The number of nitrogens with two attached hydrogens (primary N) is 1. The van der Waals surface area contributed by atoms with Gasteiger partial charge in [0.05, 0.1) is 0 Å². The van der Waals surface area contributed by atoms with Gasteiger partial charge in [-0.3, -0.25) is 4.79 Å². The van der Waals surface area contributed by atoms with Crippen molar-refractivity contribution < 1.29 is 4.79 Å². The van der Waals surface area contributed by atoms with E-state index in [2.05, 4.69) is 13.0 Å². The van der Waals surface area contributed by atoms with Crippen molar-refractivity contribution in [1.29, 1.82) is 0 Å². The molecule has 4 heteroatoms. The highest BCUT2D eigenvalue weighted by molar-refractivity contribution is 5.95. The molecule has 0 bridgehead atoms. The van der Waals surface area contributed by atoms with Crippen molar-refractivity contribution >= 4 is 18.3 Å². The van der Waals surface area contributed by atoms with Crippen LogP contribution in [0.15, 0.2) is 18.2 Å². The lowest BCUT2D eigenvalue weighted by molar-refractivity contribution is 0.0663. The molecule has 19 heavy (non-hydrogen) atoms. The van der Waals surface area contributed by atoms with Gasteiger partial charge in [-0.1, -0.05) is 24.6 Å². The van der Waals surface area contributed by atoms with Crippen LogP contribution in [0.1, 0.15) is 34.8 Å². The highest BCUT2D eigenvalue weighted by Gasteiger charge is 2.27. The molecule has 1 heterocycles. The van der Waals surface area contributed by atoms with E-state index in [4.69, 9.17) is 5.73 Å². The molecular weight excluding hydrogens is 260 g/mol. The van der Waals surface area contributed by atoms with E-state index in [1.807, 2.05) is 30.9 Å². The van der Waals surface area contributed by atoms with Crippen LogP contribution in [-0.4, -0.2) is 29.9 Å². The van der Waals surface area contributed by atoms with Crippen LogP contribution in [-0.2, 0) is 0 Å². The molecule has 0 saturated carbocycles. The molecule has 3 nitrogen and oxygen atoms in total. The van der Waals surface area contributed by atoms with E-state index in [0.29, 0.717) is 5.92 Å². The van der Waals surface area contributed by atoms with Crippen LogP contribution in [0.5, 0.6) is 0 Å². The van der Waals surface area contributed by atoms with Crippen molar-refractivity contribution in [2.24, 2.45) is 11.7 Å². The van der Waals surface area contributed by atoms with Gasteiger partial charge in [0.2, 0.25) is 0 Å². The van der Waals surface area contributed by atoms with Gasteiger partial charge in [-0.25, -0.2) is 0 Å². The fourth-order valence-electron chi connectivity index (χ4n) is 2.57. The zero-order chi connectivity index (χ0) is 13.3. The summed E-state index contributed by atoms with van der Waals surface area (Å²) in [6.07, 6.45) is 0.901. The minimum absolute atomic E-state index is 0. The van der Waals surface area contributed by atoms with Crippen molar-refractivity contribution in [3.8, 4) is 0 Å². The van der Waals surface area contributed by atoms with Crippen molar-refractivity contribution in [2.75, 3.05) is 13.1 Å². The molecule has 106 valence electrons. The zero-order valence-corrected chi connectivity index (χ0v) is 12.7. The second-order valence-corrected chi connectivity index (χ2v) is 5.50. The lowest BCUT2D eigenvalue weighted by Gasteiger charge is -2.35. The van der Waals surface area contributed by atoms with E-state index in [1.165, 1.54) is 5.56 Å². The lowest BCUT2D eigenvalue weighted by Crippen LogP contribution is -2.48. The molecule has 1 fully saturated rings. The normalized spacial score (nSPS) is 22.8. The number of benzene rings is 1. The Balaban J connectivity index is 0.00000180. The Morgan fingerprint density at radius 2 is 2.05 bits per heavy atom. The number of rotatable bonds is 1. The number of aryl methyl sites for hydroxylation is 2. The summed E-state index contributed by atoms with van der Waals surface area (Å²) in [5, 5.41) is 0. The first kappa shape index (κ1) is 16.0. The third-order valence-electron chi connectivity index (χ3n) is 3.87. The fourth-order valence-corrected chi connectivity index (χ4v) is 2.57. The predicted octanol–water partition coefficient (Wildman–Crippen LogP) is 2.53. The van der Waals surface area contributed by atoms with Gasteiger partial charge < -0.3 is 10.6 Å². The molecule has 1 aromatic rings. The fraction of sp³-hybridized carbons (Fsp3) is 0.533. The van der Waals surface area contributed by atoms with E-state index in [1.54, 1.807) is 0 Å². The van der Waals surface area contributed by atoms with Crippen molar-refractivity contribution in [2.45, 2.75) is 33.2 Å². The Morgan fingerprint density at radius 3 is 2.63 bits per heavy atom. The van der Waals surface area contributed by atoms with E-state index < -0.39 is 0 Å².